The Kier molecular flexibility index (Phi) is 5.26. The van der Waals surface area contributed by atoms with Crippen molar-refractivity contribution in [2.45, 2.75) is 13.5 Å². The lowest BCUT2D eigenvalue weighted by Gasteiger charge is -2.13. The number of ether oxygens (including phenoxy) is 3. The molecule has 2 rings (SSSR count). The summed E-state index contributed by atoms with van der Waals surface area (Å²) in [6.07, 6.45) is 1.70. The van der Waals surface area contributed by atoms with E-state index in [9.17, 15) is 0 Å². The fraction of sp³-hybridized carbons (Fsp3) is 0.312. The molecular formula is C16H20N2O3. The van der Waals surface area contributed by atoms with Crippen LogP contribution in [0.15, 0.2) is 36.5 Å². The van der Waals surface area contributed by atoms with Gasteiger partial charge in [0.2, 0.25) is 0 Å². The first-order chi connectivity index (χ1) is 10.3. The van der Waals surface area contributed by atoms with Crippen molar-refractivity contribution >= 4 is 5.69 Å². The number of aromatic nitrogens is 1. The highest BCUT2D eigenvalue weighted by Gasteiger charge is 2.10. The fourth-order valence-electron chi connectivity index (χ4n) is 2.00. The number of nitrogens with zero attached hydrogens (tertiary/aromatic N) is 1. The Morgan fingerprint density at radius 1 is 1.05 bits per heavy atom. The van der Waals surface area contributed by atoms with E-state index in [0.29, 0.717) is 24.7 Å². The maximum Gasteiger partial charge on any atom is 0.184 e. The summed E-state index contributed by atoms with van der Waals surface area (Å²) in [6.45, 7) is 3.18. The van der Waals surface area contributed by atoms with Crippen molar-refractivity contribution in [3.05, 3.63) is 42.2 Å². The molecular weight excluding hydrogens is 268 g/mol. The normalized spacial score (nSPS) is 10.0. The summed E-state index contributed by atoms with van der Waals surface area (Å²) in [4.78, 5) is 4.33. The summed E-state index contributed by atoms with van der Waals surface area (Å²) in [7, 11) is 3.22. The first-order valence-electron chi connectivity index (χ1n) is 6.81. The number of hydrogen-bond acceptors (Lipinski definition) is 5. The Labute approximate surface area is 124 Å². The van der Waals surface area contributed by atoms with Gasteiger partial charge in [0.05, 0.1) is 27.4 Å². The summed E-state index contributed by atoms with van der Waals surface area (Å²) >= 11 is 0. The van der Waals surface area contributed by atoms with E-state index in [0.717, 1.165) is 17.1 Å². The van der Waals surface area contributed by atoms with Crippen LogP contribution in [0.25, 0.3) is 0 Å². The third-order valence-electron chi connectivity index (χ3n) is 2.99. The zero-order valence-electron chi connectivity index (χ0n) is 12.6. The molecule has 1 aromatic carbocycles. The molecule has 5 nitrogen and oxygen atoms in total. The molecule has 0 fully saturated rings. The molecule has 1 N–H and O–H groups in total. The molecule has 0 saturated carbocycles. The zero-order chi connectivity index (χ0) is 15.1. The number of anilines is 1. The third kappa shape index (κ3) is 3.78. The van der Waals surface area contributed by atoms with E-state index in [4.69, 9.17) is 14.2 Å². The molecule has 1 heterocycles. The molecule has 1 aromatic heterocycles. The van der Waals surface area contributed by atoms with Crippen LogP contribution in [-0.4, -0.2) is 25.8 Å². The molecule has 0 amide bonds. The van der Waals surface area contributed by atoms with E-state index in [2.05, 4.69) is 10.3 Å². The monoisotopic (exact) mass is 288 g/mol. The summed E-state index contributed by atoms with van der Waals surface area (Å²) in [5.74, 6) is 2.19. The maximum absolute atomic E-state index is 5.41. The smallest absolute Gasteiger partial charge is 0.184 e. The molecule has 0 aliphatic rings. The Balaban J connectivity index is 2.05. The number of pyridine rings is 1. The van der Waals surface area contributed by atoms with Crippen LogP contribution >= 0.6 is 0 Å². The van der Waals surface area contributed by atoms with Crippen LogP contribution in [0.3, 0.4) is 0 Å². The van der Waals surface area contributed by atoms with Crippen LogP contribution in [0, 0.1) is 0 Å². The van der Waals surface area contributed by atoms with Gasteiger partial charge < -0.3 is 19.5 Å². The second kappa shape index (κ2) is 7.38. The van der Waals surface area contributed by atoms with E-state index in [-0.39, 0.29) is 0 Å². The molecule has 0 unspecified atom stereocenters. The van der Waals surface area contributed by atoms with Crippen LogP contribution in [-0.2, 0) is 6.54 Å². The van der Waals surface area contributed by atoms with E-state index >= 15 is 0 Å². The standard InChI is InChI=1S/C16H20N2O3/c1-4-21-13-7-5-12(6-8-13)18-11-14-16(20-3)15(19-2)9-10-17-14/h5-10,18H,4,11H2,1-3H3. The second-order valence-corrected chi connectivity index (χ2v) is 4.30. The first kappa shape index (κ1) is 15.0. The van der Waals surface area contributed by atoms with Gasteiger partial charge in [-0.1, -0.05) is 0 Å². The van der Waals surface area contributed by atoms with Gasteiger partial charge in [0.15, 0.2) is 11.5 Å². The van der Waals surface area contributed by atoms with E-state index < -0.39 is 0 Å². The van der Waals surface area contributed by atoms with Gasteiger partial charge in [-0.25, -0.2) is 0 Å². The van der Waals surface area contributed by atoms with Crippen LogP contribution in [0.2, 0.25) is 0 Å². The van der Waals surface area contributed by atoms with Gasteiger partial charge >= 0.3 is 0 Å². The van der Waals surface area contributed by atoms with Crippen LogP contribution in [0.1, 0.15) is 12.6 Å². The lowest BCUT2D eigenvalue weighted by Crippen LogP contribution is -2.05. The van der Waals surface area contributed by atoms with Crippen LogP contribution < -0.4 is 19.5 Å². The Bertz CT molecular complexity index is 570. The van der Waals surface area contributed by atoms with Crippen molar-refractivity contribution in [1.29, 1.82) is 0 Å². The molecule has 5 heteroatoms. The minimum Gasteiger partial charge on any atom is -0.494 e. The lowest BCUT2D eigenvalue weighted by molar-refractivity contribution is 0.340. The fourth-order valence-corrected chi connectivity index (χ4v) is 2.00. The van der Waals surface area contributed by atoms with Gasteiger partial charge in [-0.3, -0.25) is 4.98 Å². The molecule has 112 valence electrons. The number of rotatable bonds is 7. The molecule has 0 aliphatic heterocycles. The largest absolute Gasteiger partial charge is 0.494 e. The predicted molar refractivity (Wildman–Crippen MR) is 82.3 cm³/mol. The van der Waals surface area contributed by atoms with Crippen molar-refractivity contribution in [3.63, 3.8) is 0 Å². The van der Waals surface area contributed by atoms with E-state index in [1.807, 2.05) is 31.2 Å². The minimum absolute atomic E-state index is 0.550. The van der Waals surface area contributed by atoms with Crippen molar-refractivity contribution in [3.8, 4) is 17.2 Å². The highest BCUT2D eigenvalue weighted by molar-refractivity contribution is 5.49. The summed E-state index contributed by atoms with van der Waals surface area (Å²) in [6, 6.07) is 9.58. The highest BCUT2D eigenvalue weighted by Crippen LogP contribution is 2.29. The van der Waals surface area contributed by atoms with E-state index in [1.54, 1.807) is 26.5 Å². The van der Waals surface area contributed by atoms with Gasteiger partial charge in [0.1, 0.15) is 11.4 Å². The SMILES string of the molecule is CCOc1ccc(NCc2nccc(OC)c2OC)cc1. The quantitative estimate of drug-likeness (QED) is 0.848. The van der Waals surface area contributed by atoms with Crippen molar-refractivity contribution in [2.75, 3.05) is 26.1 Å². The van der Waals surface area contributed by atoms with Gasteiger partial charge in [0, 0.05) is 18.0 Å². The average molecular weight is 288 g/mol. The molecule has 0 saturated heterocycles. The topological polar surface area (TPSA) is 52.6 Å². The number of nitrogens with one attached hydrogen (secondary N) is 1. The Morgan fingerprint density at radius 3 is 2.43 bits per heavy atom. The summed E-state index contributed by atoms with van der Waals surface area (Å²) < 4.78 is 16.0. The van der Waals surface area contributed by atoms with Gasteiger partial charge in [-0.15, -0.1) is 0 Å². The van der Waals surface area contributed by atoms with Crippen LogP contribution in [0.4, 0.5) is 5.69 Å². The molecule has 0 bridgehead atoms. The third-order valence-corrected chi connectivity index (χ3v) is 2.99. The van der Waals surface area contributed by atoms with Crippen molar-refractivity contribution in [1.82, 2.24) is 4.98 Å². The molecule has 0 radical (unpaired) electrons. The van der Waals surface area contributed by atoms with Crippen molar-refractivity contribution < 1.29 is 14.2 Å². The van der Waals surface area contributed by atoms with Gasteiger partial charge in [-0.2, -0.15) is 0 Å². The van der Waals surface area contributed by atoms with Crippen molar-refractivity contribution in [2.24, 2.45) is 0 Å². The van der Waals surface area contributed by atoms with Gasteiger partial charge in [-0.05, 0) is 31.2 Å². The molecule has 21 heavy (non-hydrogen) atoms. The lowest BCUT2D eigenvalue weighted by atomic mass is 10.2. The minimum atomic E-state index is 0.550. The summed E-state index contributed by atoms with van der Waals surface area (Å²) in [5.41, 5.74) is 1.79. The molecule has 0 aliphatic carbocycles. The Morgan fingerprint density at radius 2 is 1.81 bits per heavy atom. The summed E-state index contributed by atoms with van der Waals surface area (Å²) in [5, 5.41) is 3.30. The first-order valence-corrected chi connectivity index (χ1v) is 6.81. The van der Waals surface area contributed by atoms with Crippen LogP contribution in [0.5, 0.6) is 17.2 Å². The highest BCUT2D eigenvalue weighted by atomic mass is 16.5. The van der Waals surface area contributed by atoms with E-state index in [1.165, 1.54) is 0 Å². The average Bonchev–Trinajstić information content (AvgIpc) is 2.54. The second-order valence-electron chi connectivity index (χ2n) is 4.30. The number of methoxy groups -OCH3 is 2. The molecule has 0 spiro atoms. The molecule has 0 atom stereocenters. The molecule has 2 aromatic rings. The number of benzene rings is 1. The number of hydrogen-bond donors (Lipinski definition) is 1. The maximum atomic E-state index is 5.41. The zero-order valence-corrected chi connectivity index (χ0v) is 12.6. The van der Waals surface area contributed by atoms with Gasteiger partial charge in [0.25, 0.3) is 0 Å². The Hall–Kier alpha value is -2.43. The predicted octanol–water partition coefficient (Wildman–Crippen LogP) is 3.11.